The second-order valence-electron chi connectivity index (χ2n) is 4.95. The molecule has 4 rings (SSSR count). The van der Waals surface area contributed by atoms with E-state index in [-0.39, 0.29) is 5.56 Å². The lowest BCUT2D eigenvalue weighted by Crippen LogP contribution is -2.13. The number of nitrogens with one attached hydrogen (secondary N) is 1. The highest BCUT2D eigenvalue weighted by Gasteiger charge is 2.15. The van der Waals surface area contributed by atoms with Crippen molar-refractivity contribution in [2.45, 2.75) is 6.92 Å². The standard InChI is InChI=1S/C16H10FN3OS2/c1-8-18-13-12(22-8)7-6-11-14(13)23-16(19-11)20-15(21)9-4-2-3-5-10(9)17/h2-7H,1H3,(H,19,20,21). The van der Waals surface area contributed by atoms with Crippen molar-refractivity contribution in [3.63, 3.8) is 0 Å². The molecule has 0 bridgehead atoms. The highest BCUT2D eigenvalue weighted by Crippen LogP contribution is 2.34. The van der Waals surface area contributed by atoms with E-state index < -0.39 is 11.7 Å². The molecule has 0 atom stereocenters. The van der Waals surface area contributed by atoms with Gasteiger partial charge in [0.25, 0.3) is 5.91 Å². The molecule has 0 unspecified atom stereocenters. The topological polar surface area (TPSA) is 54.9 Å². The lowest BCUT2D eigenvalue weighted by Gasteiger charge is -2.02. The molecule has 0 aliphatic carbocycles. The summed E-state index contributed by atoms with van der Waals surface area (Å²) < 4.78 is 15.7. The molecule has 0 saturated heterocycles. The monoisotopic (exact) mass is 343 g/mol. The molecule has 0 radical (unpaired) electrons. The predicted molar refractivity (Wildman–Crippen MR) is 91.9 cm³/mol. The van der Waals surface area contributed by atoms with Crippen LogP contribution in [0.5, 0.6) is 0 Å². The normalized spacial score (nSPS) is 11.2. The number of aromatic nitrogens is 2. The zero-order valence-corrected chi connectivity index (χ0v) is 13.6. The first-order valence-electron chi connectivity index (χ1n) is 6.84. The van der Waals surface area contributed by atoms with Crippen LogP contribution in [-0.2, 0) is 0 Å². The zero-order valence-electron chi connectivity index (χ0n) is 12.0. The van der Waals surface area contributed by atoms with Gasteiger partial charge in [-0.3, -0.25) is 10.1 Å². The van der Waals surface area contributed by atoms with E-state index >= 15 is 0 Å². The van der Waals surface area contributed by atoms with Crippen LogP contribution in [0.3, 0.4) is 0 Å². The molecule has 0 spiro atoms. The molecule has 1 amide bonds. The highest BCUT2D eigenvalue weighted by molar-refractivity contribution is 7.24. The van der Waals surface area contributed by atoms with Gasteiger partial charge in [-0.15, -0.1) is 11.3 Å². The van der Waals surface area contributed by atoms with Crippen molar-refractivity contribution in [1.29, 1.82) is 0 Å². The number of carbonyl (C=O) groups is 1. The number of hydrogen-bond donors (Lipinski definition) is 1. The number of benzene rings is 2. The number of anilines is 1. The number of thiazole rings is 2. The number of amides is 1. The van der Waals surface area contributed by atoms with Crippen molar-refractivity contribution in [2.75, 3.05) is 5.32 Å². The maximum Gasteiger partial charge on any atom is 0.260 e. The quantitative estimate of drug-likeness (QED) is 0.578. The van der Waals surface area contributed by atoms with Gasteiger partial charge < -0.3 is 0 Å². The van der Waals surface area contributed by atoms with Crippen molar-refractivity contribution in [3.8, 4) is 0 Å². The molecular formula is C16H10FN3OS2. The molecule has 7 heteroatoms. The van der Waals surface area contributed by atoms with E-state index in [0.717, 1.165) is 25.4 Å². The molecule has 0 saturated carbocycles. The van der Waals surface area contributed by atoms with E-state index in [1.165, 1.54) is 23.5 Å². The molecule has 2 aromatic carbocycles. The molecule has 1 N–H and O–H groups in total. The molecule has 0 fully saturated rings. The minimum atomic E-state index is -0.552. The van der Waals surface area contributed by atoms with Crippen LogP contribution in [0.4, 0.5) is 9.52 Å². The summed E-state index contributed by atoms with van der Waals surface area (Å²) in [5.41, 5.74) is 1.67. The van der Waals surface area contributed by atoms with Gasteiger partial charge in [0.05, 0.1) is 25.5 Å². The first-order chi connectivity index (χ1) is 11.1. The van der Waals surface area contributed by atoms with Crippen LogP contribution < -0.4 is 5.32 Å². The number of hydrogen-bond acceptors (Lipinski definition) is 5. The SMILES string of the molecule is Cc1nc2c(ccc3nc(NC(=O)c4ccccc4F)sc32)s1. The van der Waals surface area contributed by atoms with Crippen LogP contribution in [0.15, 0.2) is 36.4 Å². The number of aryl methyl sites for hydroxylation is 1. The maximum absolute atomic E-state index is 13.7. The van der Waals surface area contributed by atoms with E-state index in [1.807, 2.05) is 19.1 Å². The van der Waals surface area contributed by atoms with Gasteiger partial charge in [-0.05, 0) is 31.2 Å². The average molecular weight is 343 g/mol. The number of rotatable bonds is 2. The predicted octanol–water partition coefficient (Wildman–Crippen LogP) is 4.61. The van der Waals surface area contributed by atoms with Gasteiger partial charge in [0, 0.05) is 0 Å². The summed E-state index contributed by atoms with van der Waals surface area (Å²) in [6.07, 6.45) is 0. The molecule has 4 aromatic rings. The third-order valence-corrected chi connectivity index (χ3v) is 5.29. The molecule has 2 heterocycles. The van der Waals surface area contributed by atoms with Gasteiger partial charge in [-0.2, -0.15) is 0 Å². The Balaban J connectivity index is 1.73. The Morgan fingerprint density at radius 2 is 1.96 bits per heavy atom. The molecule has 2 aromatic heterocycles. The molecule has 23 heavy (non-hydrogen) atoms. The van der Waals surface area contributed by atoms with Crippen LogP contribution in [0.2, 0.25) is 0 Å². The molecular weight excluding hydrogens is 333 g/mol. The Bertz CT molecular complexity index is 1050. The first-order valence-corrected chi connectivity index (χ1v) is 8.48. The summed E-state index contributed by atoms with van der Waals surface area (Å²) in [6.45, 7) is 1.96. The molecule has 4 nitrogen and oxygen atoms in total. The Hall–Kier alpha value is -2.38. The van der Waals surface area contributed by atoms with E-state index in [1.54, 1.807) is 23.5 Å². The smallest absolute Gasteiger partial charge is 0.260 e. The summed E-state index contributed by atoms with van der Waals surface area (Å²) in [6, 6.07) is 9.76. The van der Waals surface area contributed by atoms with Crippen LogP contribution >= 0.6 is 22.7 Å². The number of fused-ring (bicyclic) bond motifs is 3. The maximum atomic E-state index is 13.7. The van der Waals surface area contributed by atoms with Crippen molar-refractivity contribution in [1.82, 2.24) is 9.97 Å². The highest BCUT2D eigenvalue weighted by atomic mass is 32.1. The van der Waals surface area contributed by atoms with Crippen molar-refractivity contribution < 1.29 is 9.18 Å². The van der Waals surface area contributed by atoms with E-state index in [0.29, 0.717) is 5.13 Å². The fourth-order valence-corrected chi connectivity index (χ4v) is 4.20. The number of halogens is 1. The number of nitrogens with zero attached hydrogens (tertiary/aromatic N) is 2. The fraction of sp³-hybridized carbons (Fsp3) is 0.0625. The minimum absolute atomic E-state index is 0.00130. The zero-order chi connectivity index (χ0) is 16.0. The Morgan fingerprint density at radius 1 is 1.13 bits per heavy atom. The molecule has 0 aliphatic heterocycles. The summed E-state index contributed by atoms with van der Waals surface area (Å²) in [5, 5.41) is 4.08. The van der Waals surface area contributed by atoms with Gasteiger partial charge in [0.2, 0.25) is 0 Å². The van der Waals surface area contributed by atoms with Crippen molar-refractivity contribution in [2.24, 2.45) is 0 Å². The summed E-state index contributed by atoms with van der Waals surface area (Å²) in [4.78, 5) is 21.1. The van der Waals surface area contributed by atoms with Crippen LogP contribution in [0.1, 0.15) is 15.4 Å². The lowest BCUT2D eigenvalue weighted by atomic mass is 10.2. The number of carbonyl (C=O) groups excluding carboxylic acids is 1. The Kier molecular flexibility index (Phi) is 3.32. The lowest BCUT2D eigenvalue weighted by molar-refractivity contribution is 0.102. The van der Waals surface area contributed by atoms with Gasteiger partial charge in [-0.25, -0.2) is 14.4 Å². The van der Waals surface area contributed by atoms with Gasteiger partial charge in [0.15, 0.2) is 5.13 Å². The van der Waals surface area contributed by atoms with Gasteiger partial charge >= 0.3 is 0 Å². The van der Waals surface area contributed by atoms with Crippen LogP contribution in [0.25, 0.3) is 20.4 Å². The average Bonchev–Trinajstić information content (AvgIpc) is 3.09. The summed E-state index contributed by atoms with van der Waals surface area (Å²) in [7, 11) is 0. The van der Waals surface area contributed by atoms with E-state index in [2.05, 4.69) is 15.3 Å². The first kappa shape index (κ1) is 14.2. The Labute approximate surface area is 138 Å². The third kappa shape index (κ3) is 2.47. The minimum Gasteiger partial charge on any atom is -0.298 e. The largest absolute Gasteiger partial charge is 0.298 e. The fourth-order valence-electron chi connectivity index (χ4n) is 2.35. The summed E-state index contributed by atoms with van der Waals surface area (Å²) >= 11 is 2.97. The van der Waals surface area contributed by atoms with E-state index in [9.17, 15) is 9.18 Å². The van der Waals surface area contributed by atoms with Crippen LogP contribution in [0, 0.1) is 12.7 Å². The Morgan fingerprint density at radius 3 is 2.78 bits per heavy atom. The van der Waals surface area contributed by atoms with Gasteiger partial charge in [0.1, 0.15) is 11.3 Å². The summed E-state index contributed by atoms with van der Waals surface area (Å²) in [5.74, 6) is -1.06. The van der Waals surface area contributed by atoms with Gasteiger partial charge in [-0.1, -0.05) is 23.5 Å². The third-order valence-electron chi connectivity index (χ3n) is 3.36. The molecule has 114 valence electrons. The van der Waals surface area contributed by atoms with E-state index in [4.69, 9.17) is 0 Å². The second kappa shape index (κ2) is 5.36. The molecule has 0 aliphatic rings. The van der Waals surface area contributed by atoms with Crippen molar-refractivity contribution in [3.05, 3.63) is 52.8 Å². The van der Waals surface area contributed by atoms with Crippen molar-refractivity contribution >= 4 is 54.1 Å². The van der Waals surface area contributed by atoms with Crippen LogP contribution in [-0.4, -0.2) is 15.9 Å². The second-order valence-corrected chi connectivity index (χ2v) is 7.18.